The molecule has 0 aromatic carbocycles. The van der Waals surface area contributed by atoms with Gasteiger partial charge in [0.25, 0.3) is 5.56 Å². The van der Waals surface area contributed by atoms with Crippen molar-refractivity contribution in [2.24, 2.45) is 0 Å². The van der Waals surface area contributed by atoms with Gasteiger partial charge in [-0.1, -0.05) is 19.3 Å². The maximum atomic E-state index is 11.8. The minimum Gasteiger partial charge on any atom is -0.294 e. The lowest BCUT2D eigenvalue weighted by atomic mass is 9.96. The summed E-state index contributed by atoms with van der Waals surface area (Å²) < 4.78 is 3.52. The van der Waals surface area contributed by atoms with Gasteiger partial charge in [0.05, 0.1) is 18.3 Å². The highest BCUT2D eigenvalue weighted by atomic mass is 16.2. The molecule has 3 rings (SSSR count). The highest BCUT2D eigenvalue weighted by molar-refractivity contribution is 5.05. The molecule has 0 saturated heterocycles. The molecule has 2 aromatic rings. The van der Waals surface area contributed by atoms with Crippen LogP contribution >= 0.6 is 0 Å². The predicted octanol–water partition coefficient (Wildman–Crippen LogP) is 1.60. The summed E-state index contributed by atoms with van der Waals surface area (Å²) in [5, 5.41) is 4.59. The molecule has 1 N–H and O–H groups in total. The zero-order chi connectivity index (χ0) is 14.8. The molecular formula is C15H20N4O2. The molecule has 6 nitrogen and oxygen atoms in total. The van der Waals surface area contributed by atoms with Crippen molar-refractivity contribution in [1.29, 1.82) is 0 Å². The molecule has 0 radical (unpaired) electrons. The molecule has 21 heavy (non-hydrogen) atoms. The molecule has 1 aliphatic rings. The van der Waals surface area contributed by atoms with Gasteiger partial charge in [-0.05, 0) is 25.8 Å². The largest absolute Gasteiger partial charge is 0.328 e. The number of hydrogen-bond donors (Lipinski definition) is 1. The fourth-order valence-electron chi connectivity index (χ4n) is 2.92. The molecule has 2 heterocycles. The third-order valence-electron chi connectivity index (χ3n) is 4.13. The van der Waals surface area contributed by atoms with Crippen LogP contribution in [0.4, 0.5) is 0 Å². The molecule has 0 aliphatic heterocycles. The van der Waals surface area contributed by atoms with Gasteiger partial charge in [0.2, 0.25) is 0 Å². The maximum Gasteiger partial charge on any atom is 0.328 e. The van der Waals surface area contributed by atoms with Crippen molar-refractivity contribution >= 4 is 0 Å². The Labute approximate surface area is 122 Å². The maximum absolute atomic E-state index is 11.8. The zero-order valence-electron chi connectivity index (χ0n) is 12.2. The lowest BCUT2D eigenvalue weighted by molar-refractivity contribution is 0.328. The summed E-state index contributed by atoms with van der Waals surface area (Å²) >= 11 is 0. The molecule has 0 amide bonds. The summed E-state index contributed by atoms with van der Waals surface area (Å²) in [7, 11) is 0. The van der Waals surface area contributed by atoms with Crippen LogP contribution in [-0.2, 0) is 6.54 Å². The van der Waals surface area contributed by atoms with Gasteiger partial charge in [-0.25, -0.2) is 4.79 Å². The van der Waals surface area contributed by atoms with E-state index < -0.39 is 5.69 Å². The summed E-state index contributed by atoms with van der Waals surface area (Å²) in [5.74, 6) is 0. The monoisotopic (exact) mass is 288 g/mol. The summed E-state index contributed by atoms with van der Waals surface area (Å²) in [6, 6.07) is 2.43. The van der Waals surface area contributed by atoms with Gasteiger partial charge in [-0.15, -0.1) is 0 Å². The normalized spacial score (nSPS) is 16.2. The zero-order valence-corrected chi connectivity index (χ0v) is 12.2. The van der Waals surface area contributed by atoms with E-state index in [9.17, 15) is 9.59 Å². The van der Waals surface area contributed by atoms with Gasteiger partial charge in [-0.2, -0.15) is 5.10 Å². The van der Waals surface area contributed by atoms with Gasteiger partial charge in [0, 0.05) is 18.0 Å². The lowest BCUT2D eigenvalue weighted by Crippen LogP contribution is -2.31. The molecule has 0 atom stereocenters. The van der Waals surface area contributed by atoms with Crippen LogP contribution in [0.2, 0.25) is 0 Å². The molecule has 1 saturated carbocycles. The smallest absolute Gasteiger partial charge is 0.294 e. The minimum atomic E-state index is -0.391. The molecule has 6 heteroatoms. The van der Waals surface area contributed by atoms with Crippen molar-refractivity contribution < 1.29 is 0 Å². The first kappa shape index (κ1) is 13.9. The Kier molecular flexibility index (Phi) is 3.77. The Morgan fingerprint density at radius 2 is 2.05 bits per heavy atom. The molecule has 1 aliphatic carbocycles. The van der Waals surface area contributed by atoms with E-state index in [1.54, 1.807) is 13.1 Å². The molecule has 0 unspecified atom stereocenters. The highest BCUT2D eigenvalue weighted by Crippen LogP contribution is 2.27. The van der Waals surface area contributed by atoms with Crippen LogP contribution in [0.3, 0.4) is 0 Å². The molecular weight excluding hydrogens is 268 g/mol. The van der Waals surface area contributed by atoms with Crippen LogP contribution in [0, 0.1) is 6.92 Å². The Balaban J connectivity index is 1.79. The minimum absolute atomic E-state index is 0.330. The summed E-state index contributed by atoms with van der Waals surface area (Å²) in [6.07, 6.45) is 9.78. The van der Waals surface area contributed by atoms with Gasteiger partial charge in [0.1, 0.15) is 0 Å². The average molecular weight is 288 g/mol. The van der Waals surface area contributed by atoms with Gasteiger partial charge in [0.15, 0.2) is 0 Å². The van der Waals surface area contributed by atoms with Crippen LogP contribution in [0.5, 0.6) is 0 Å². The Morgan fingerprint density at radius 3 is 2.81 bits per heavy atom. The third kappa shape index (κ3) is 2.99. The number of hydrogen-bond acceptors (Lipinski definition) is 3. The standard InChI is InChI=1S/C15H20N4O2/c1-11-9-18(15(21)16-14(11)20)10-12-7-8-19(17-12)13-5-3-2-4-6-13/h7-9,13H,2-6,10H2,1H3,(H,16,20,21). The van der Waals surface area contributed by atoms with E-state index in [-0.39, 0.29) is 5.56 Å². The second-order valence-corrected chi connectivity index (χ2v) is 5.78. The number of aromatic amines is 1. The summed E-state index contributed by atoms with van der Waals surface area (Å²) in [5.41, 5.74) is 0.650. The number of aromatic nitrogens is 4. The van der Waals surface area contributed by atoms with Crippen molar-refractivity contribution in [1.82, 2.24) is 19.3 Å². The molecule has 112 valence electrons. The third-order valence-corrected chi connectivity index (χ3v) is 4.13. The number of H-pyrrole nitrogens is 1. The average Bonchev–Trinajstić information content (AvgIpc) is 2.94. The second kappa shape index (κ2) is 5.71. The molecule has 2 aromatic heterocycles. The molecule has 0 spiro atoms. The van der Waals surface area contributed by atoms with Gasteiger partial charge in [-0.3, -0.25) is 19.0 Å². The number of nitrogens with zero attached hydrogens (tertiary/aromatic N) is 3. The Hall–Kier alpha value is -2.11. The lowest BCUT2D eigenvalue weighted by Gasteiger charge is -2.21. The topological polar surface area (TPSA) is 72.7 Å². The van der Waals surface area contributed by atoms with E-state index in [1.165, 1.54) is 36.7 Å². The first-order chi connectivity index (χ1) is 10.1. The van der Waals surface area contributed by atoms with Crippen LogP contribution in [0.1, 0.15) is 49.4 Å². The fraction of sp³-hybridized carbons (Fsp3) is 0.533. The second-order valence-electron chi connectivity index (χ2n) is 5.78. The van der Waals surface area contributed by atoms with Crippen molar-refractivity contribution in [2.75, 3.05) is 0 Å². The number of rotatable bonds is 3. The van der Waals surface area contributed by atoms with Crippen molar-refractivity contribution in [3.8, 4) is 0 Å². The predicted molar refractivity (Wildman–Crippen MR) is 79.5 cm³/mol. The fourth-order valence-corrected chi connectivity index (χ4v) is 2.92. The van der Waals surface area contributed by atoms with E-state index >= 15 is 0 Å². The van der Waals surface area contributed by atoms with E-state index in [0.717, 1.165) is 5.69 Å². The Bertz CT molecular complexity index is 735. The van der Waals surface area contributed by atoms with E-state index in [0.29, 0.717) is 18.2 Å². The summed E-state index contributed by atoms with van der Waals surface area (Å²) in [4.78, 5) is 25.5. The first-order valence-electron chi connectivity index (χ1n) is 7.48. The number of nitrogens with one attached hydrogen (secondary N) is 1. The van der Waals surface area contributed by atoms with E-state index in [2.05, 4.69) is 10.1 Å². The number of aryl methyl sites for hydroxylation is 1. The van der Waals surface area contributed by atoms with Crippen LogP contribution in [0.15, 0.2) is 28.0 Å². The van der Waals surface area contributed by atoms with Crippen molar-refractivity contribution in [2.45, 2.75) is 51.6 Å². The highest BCUT2D eigenvalue weighted by Gasteiger charge is 2.16. The van der Waals surface area contributed by atoms with Crippen LogP contribution < -0.4 is 11.2 Å². The Morgan fingerprint density at radius 1 is 1.29 bits per heavy atom. The first-order valence-corrected chi connectivity index (χ1v) is 7.48. The molecule has 1 fully saturated rings. The van der Waals surface area contributed by atoms with Crippen LogP contribution in [-0.4, -0.2) is 19.3 Å². The van der Waals surface area contributed by atoms with E-state index in [1.807, 2.05) is 16.9 Å². The molecule has 0 bridgehead atoms. The van der Waals surface area contributed by atoms with Crippen LogP contribution in [0.25, 0.3) is 0 Å². The van der Waals surface area contributed by atoms with Crippen molar-refractivity contribution in [3.63, 3.8) is 0 Å². The summed E-state index contributed by atoms with van der Waals surface area (Å²) in [6.45, 7) is 2.07. The van der Waals surface area contributed by atoms with Gasteiger partial charge < -0.3 is 0 Å². The quantitative estimate of drug-likeness (QED) is 0.932. The van der Waals surface area contributed by atoms with Crippen molar-refractivity contribution in [3.05, 3.63) is 50.6 Å². The SMILES string of the molecule is Cc1cn(Cc2ccn(C3CCCCC3)n2)c(=O)[nH]c1=O. The van der Waals surface area contributed by atoms with Gasteiger partial charge >= 0.3 is 5.69 Å². The van der Waals surface area contributed by atoms with E-state index in [4.69, 9.17) is 0 Å².